The molecule has 0 saturated heterocycles. The molecule has 0 amide bonds. The molecule has 3 aliphatic rings. The Morgan fingerprint density at radius 1 is 0.780 bits per heavy atom. The lowest BCUT2D eigenvalue weighted by Gasteiger charge is -2.43. The summed E-state index contributed by atoms with van der Waals surface area (Å²) in [5.74, 6) is 2.96. The van der Waals surface area contributed by atoms with Gasteiger partial charge in [0.25, 0.3) is 0 Å². The van der Waals surface area contributed by atoms with Crippen molar-refractivity contribution in [1.82, 2.24) is 9.55 Å². The number of rotatable bonds is 6. The van der Waals surface area contributed by atoms with Gasteiger partial charge < -0.3 is 15.0 Å². The molecule has 1 N–H and O–H groups in total. The molecule has 2 fully saturated rings. The van der Waals surface area contributed by atoms with Crippen LogP contribution in [0.3, 0.4) is 0 Å². The van der Waals surface area contributed by atoms with Crippen LogP contribution in [0.2, 0.25) is 0 Å². The number of nitrogens with zero attached hydrogens (tertiary/aromatic N) is 4. The van der Waals surface area contributed by atoms with E-state index in [-0.39, 0.29) is 5.41 Å². The molecule has 0 bridgehead atoms. The summed E-state index contributed by atoms with van der Waals surface area (Å²) in [6.45, 7) is 9.67. The molecule has 0 atom stereocenters. The highest BCUT2D eigenvalue weighted by atomic mass is 16.5. The summed E-state index contributed by atoms with van der Waals surface area (Å²) in [6.07, 6.45) is 14.3. The smallest absolute Gasteiger partial charge is 0.137 e. The predicted molar refractivity (Wildman–Crippen MR) is 242 cm³/mol. The van der Waals surface area contributed by atoms with Crippen molar-refractivity contribution in [3.63, 3.8) is 0 Å². The quantitative estimate of drug-likeness (QED) is 0.182. The Hall–Kier alpha value is -6.06. The molecule has 0 radical (unpaired) electrons. The lowest BCUT2D eigenvalue weighted by molar-refractivity contribution is 0.114. The van der Waals surface area contributed by atoms with Gasteiger partial charge in [-0.2, -0.15) is 5.26 Å². The van der Waals surface area contributed by atoms with Crippen LogP contribution in [0, 0.1) is 23.7 Å². The highest BCUT2D eigenvalue weighted by Gasteiger charge is 2.36. The summed E-state index contributed by atoms with van der Waals surface area (Å²) in [7, 11) is 0. The van der Waals surface area contributed by atoms with E-state index in [1.165, 1.54) is 80.0 Å². The number of hydrogen-bond acceptors (Lipinski definition) is 5. The van der Waals surface area contributed by atoms with Crippen LogP contribution < -0.4 is 15.0 Å². The zero-order valence-corrected chi connectivity index (χ0v) is 34.8. The summed E-state index contributed by atoms with van der Waals surface area (Å²) in [4.78, 5) is 7.27. The fourth-order valence-corrected chi connectivity index (χ4v) is 10.5. The molecule has 59 heavy (non-hydrogen) atoms. The SMILES string of the molecule is Cc1cc(C2CCC3(CCCCC3)CC2)ccc1-c1cc(Oc2cccc(N3CNc4ccccc43)c2)cc2c1c1cc(C#N)ccc1n2-c1cc(C(C)(C)C)ccn1. The van der Waals surface area contributed by atoms with Crippen LogP contribution in [0.4, 0.5) is 17.1 Å². The monoisotopic (exact) mass is 775 g/mol. The Morgan fingerprint density at radius 2 is 1.61 bits per heavy atom. The van der Waals surface area contributed by atoms with Gasteiger partial charge in [-0.3, -0.25) is 4.57 Å². The van der Waals surface area contributed by atoms with Gasteiger partial charge >= 0.3 is 0 Å². The molecule has 1 aliphatic heterocycles. The lowest BCUT2D eigenvalue weighted by Crippen LogP contribution is -2.29. The number of ether oxygens (including phenoxy) is 1. The minimum absolute atomic E-state index is 0.0611. The van der Waals surface area contributed by atoms with Gasteiger partial charge in [0.15, 0.2) is 0 Å². The normalized spacial score (nSPS) is 16.6. The molecule has 2 aromatic heterocycles. The van der Waals surface area contributed by atoms with Gasteiger partial charge in [-0.15, -0.1) is 0 Å². The summed E-state index contributed by atoms with van der Waals surface area (Å²) in [5.41, 5.74) is 12.7. The van der Waals surface area contributed by atoms with Gasteiger partial charge in [-0.1, -0.05) is 76.4 Å². The summed E-state index contributed by atoms with van der Waals surface area (Å²) < 4.78 is 9.18. The van der Waals surface area contributed by atoms with E-state index in [1.54, 1.807) is 0 Å². The lowest BCUT2D eigenvalue weighted by atomic mass is 9.62. The molecule has 296 valence electrons. The van der Waals surface area contributed by atoms with Gasteiger partial charge in [0.05, 0.1) is 40.7 Å². The average molecular weight is 776 g/mol. The highest BCUT2D eigenvalue weighted by molar-refractivity contribution is 6.16. The van der Waals surface area contributed by atoms with Gasteiger partial charge in [-0.05, 0) is 151 Å². The van der Waals surface area contributed by atoms with E-state index in [2.05, 4.69) is 140 Å². The zero-order chi connectivity index (χ0) is 40.3. The molecule has 2 saturated carbocycles. The molecule has 6 nitrogen and oxygen atoms in total. The number of nitriles is 1. The van der Waals surface area contributed by atoms with Crippen LogP contribution >= 0.6 is 0 Å². The van der Waals surface area contributed by atoms with Crippen molar-refractivity contribution < 1.29 is 4.74 Å². The van der Waals surface area contributed by atoms with E-state index >= 15 is 0 Å². The maximum atomic E-state index is 10.2. The van der Waals surface area contributed by atoms with E-state index in [0.29, 0.717) is 23.6 Å². The van der Waals surface area contributed by atoms with E-state index < -0.39 is 0 Å². The Labute approximate surface area is 348 Å². The van der Waals surface area contributed by atoms with E-state index in [0.717, 1.165) is 61.7 Å². The number of aromatic nitrogens is 2. The minimum Gasteiger partial charge on any atom is -0.457 e. The first-order valence-electron chi connectivity index (χ1n) is 21.6. The molecule has 7 aromatic rings. The molecule has 10 rings (SSSR count). The maximum absolute atomic E-state index is 10.2. The number of para-hydroxylation sites is 2. The largest absolute Gasteiger partial charge is 0.457 e. The van der Waals surface area contributed by atoms with Crippen molar-refractivity contribution in [2.24, 2.45) is 5.41 Å². The van der Waals surface area contributed by atoms with E-state index in [4.69, 9.17) is 9.72 Å². The summed E-state index contributed by atoms with van der Waals surface area (Å²) >= 11 is 0. The first kappa shape index (κ1) is 37.2. The van der Waals surface area contributed by atoms with E-state index in [1.807, 2.05) is 24.4 Å². The predicted octanol–water partition coefficient (Wildman–Crippen LogP) is 14.2. The Morgan fingerprint density at radius 3 is 2.41 bits per heavy atom. The molecular weight excluding hydrogens is 723 g/mol. The second kappa shape index (κ2) is 14.6. The van der Waals surface area contributed by atoms with Crippen LogP contribution in [0.5, 0.6) is 11.5 Å². The van der Waals surface area contributed by atoms with Gasteiger partial charge in [0.1, 0.15) is 17.3 Å². The van der Waals surface area contributed by atoms with Gasteiger partial charge in [0.2, 0.25) is 0 Å². The molecule has 2 aliphatic carbocycles. The molecule has 3 heterocycles. The number of pyridine rings is 1. The zero-order valence-electron chi connectivity index (χ0n) is 34.8. The van der Waals surface area contributed by atoms with E-state index in [9.17, 15) is 5.26 Å². The Balaban J connectivity index is 1.12. The number of aryl methyl sites for hydroxylation is 1. The second-order valence-electron chi connectivity index (χ2n) is 18.5. The second-order valence-corrected chi connectivity index (χ2v) is 18.5. The third kappa shape index (κ3) is 6.81. The third-order valence-electron chi connectivity index (χ3n) is 13.8. The van der Waals surface area contributed by atoms with Crippen molar-refractivity contribution in [1.29, 1.82) is 5.26 Å². The molecule has 6 heteroatoms. The van der Waals surface area contributed by atoms with Crippen molar-refractivity contribution in [3.8, 4) is 34.5 Å². The highest BCUT2D eigenvalue weighted by Crippen LogP contribution is 2.52. The molecular formula is C53H53N5O. The Bertz CT molecular complexity index is 2770. The fraction of sp³-hybridized carbons (Fsp3) is 0.321. The molecule has 5 aromatic carbocycles. The van der Waals surface area contributed by atoms with Crippen molar-refractivity contribution in [2.75, 3.05) is 16.9 Å². The third-order valence-corrected chi connectivity index (χ3v) is 13.8. The molecule has 0 unspecified atom stereocenters. The molecule has 1 spiro atoms. The Kier molecular flexibility index (Phi) is 9.24. The summed E-state index contributed by atoms with van der Waals surface area (Å²) in [5, 5.41) is 15.8. The average Bonchev–Trinajstić information content (AvgIpc) is 3.83. The topological polar surface area (TPSA) is 66.1 Å². The number of anilines is 3. The first-order valence-corrected chi connectivity index (χ1v) is 21.6. The van der Waals surface area contributed by atoms with Crippen LogP contribution in [0.1, 0.15) is 107 Å². The number of fused-ring (bicyclic) bond motifs is 4. The van der Waals surface area contributed by atoms with Gasteiger partial charge in [0, 0.05) is 34.8 Å². The van der Waals surface area contributed by atoms with Crippen LogP contribution in [0.15, 0.2) is 115 Å². The standard InChI is InChI=1S/C53H53N5O/c1-35-27-38(37-19-24-53(25-20-37)22-8-5-9-23-53)16-17-43(35)44-31-42(59-41-12-10-11-40(30-41)57-34-56-46-13-6-7-14-48(46)57)32-49-51(44)45-28-36(33-54)15-18-47(45)58(49)50-29-39(21-26-55-50)52(2,3)4/h6-7,10-18,21,26-32,37,56H,5,8-9,19-20,22-25,34H2,1-4H3. The van der Waals surface area contributed by atoms with Crippen molar-refractivity contribution >= 4 is 38.9 Å². The van der Waals surface area contributed by atoms with Crippen molar-refractivity contribution in [3.05, 3.63) is 138 Å². The van der Waals surface area contributed by atoms with Crippen LogP contribution in [-0.4, -0.2) is 16.2 Å². The number of nitrogens with one attached hydrogen (secondary N) is 1. The number of benzene rings is 5. The number of hydrogen-bond donors (Lipinski definition) is 1. The van der Waals surface area contributed by atoms with Crippen LogP contribution in [0.25, 0.3) is 38.8 Å². The maximum Gasteiger partial charge on any atom is 0.137 e. The fourth-order valence-electron chi connectivity index (χ4n) is 10.5. The van der Waals surface area contributed by atoms with Crippen molar-refractivity contribution in [2.45, 2.75) is 96.8 Å². The minimum atomic E-state index is -0.0611. The van der Waals surface area contributed by atoms with Gasteiger partial charge in [-0.25, -0.2) is 4.98 Å². The first-order chi connectivity index (χ1) is 28.7. The summed E-state index contributed by atoms with van der Waals surface area (Å²) in [6, 6.07) is 41.1. The van der Waals surface area contributed by atoms with Crippen LogP contribution in [-0.2, 0) is 5.41 Å².